The lowest BCUT2D eigenvalue weighted by atomic mass is 9.97. The molecule has 3 fully saturated rings. The number of nitrogens with one attached hydrogen (secondary N) is 1. The molecule has 0 aromatic rings. The van der Waals surface area contributed by atoms with E-state index in [-0.39, 0.29) is 29.7 Å². The molecule has 3 aliphatic rings. The number of hydrogen-bond acceptors (Lipinski definition) is 4. The van der Waals surface area contributed by atoms with E-state index in [9.17, 15) is 9.59 Å². The van der Waals surface area contributed by atoms with Gasteiger partial charge in [0, 0.05) is 45.3 Å². The van der Waals surface area contributed by atoms with Gasteiger partial charge in [-0.15, -0.1) is 0 Å². The molecule has 1 N–H and O–H groups in total. The van der Waals surface area contributed by atoms with E-state index in [0.29, 0.717) is 26.3 Å². The maximum atomic E-state index is 12.7. The van der Waals surface area contributed by atoms with Gasteiger partial charge in [0.1, 0.15) is 0 Å². The molecule has 118 valence electrons. The molecule has 0 aliphatic carbocycles. The van der Waals surface area contributed by atoms with Crippen LogP contribution in [0.25, 0.3) is 0 Å². The summed E-state index contributed by atoms with van der Waals surface area (Å²) in [7, 11) is 0. The topological polar surface area (TPSA) is 61.9 Å². The molecular weight excluding hydrogens is 270 g/mol. The van der Waals surface area contributed by atoms with Crippen LogP contribution >= 0.6 is 0 Å². The Labute approximate surface area is 125 Å². The van der Waals surface area contributed by atoms with E-state index in [0.717, 1.165) is 32.5 Å². The minimum Gasteiger partial charge on any atom is -0.381 e. The van der Waals surface area contributed by atoms with E-state index >= 15 is 0 Å². The molecule has 3 heterocycles. The van der Waals surface area contributed by atoms with Crippen LogP contribution in [-0.2, 0) is 14.3 Å². The number of carbonyl (C=O) groups excluding carboxylic acids is 2. The number of carbonyl (C=O) groups is 2. The third-order valence-electron chi connectivity index (χ3n) is 4.89. The first kappa shape index (κ1) is 14.8. The second-order valence-electron chi connectivity index (χ2n) is 6.38. The lowest BCUT2D eigenvalue weighted by molar-refractivity contribution is -0.139. The Kier molecular flexibility index (Phi) is 4.45. The zero-order valence-electron chi connectivity index (χ0n) is 12.7. The monoisotopic (exact) mass is 295 g/mol. The van der Waals surface area contributed by atoms with E-state index in [1.807, 2.05) is 4.90 Å². The second kappa shape index (κ2) is 6.32. The van der Waals surface area contributed by atoms with Gasteiger partial charge >= 0.3 is 0 Å². The molecule has 0 spiro atoms. The van der Waals surface area contributed by atoms with Gasteiger partial charge in [0.25, 0.3) is 0 Å². The van der Waals surface area contributed by atoms with Gasteiger partial charge in [-0.25, -0.2) is 0 Å². The fourth-order valence-corrected chi connectivity index (χ4v) is 3.64. The number of ether oxygens (including phenoxy) is 1. The molecule has 0 radical (unpaired) electrons. The van der Waals surface area contributed by atoms with Crippen molar-refractivity contribution < 1.29 is 14.3 Å². The van der Waals surface area contributed by atoms with Crippen LogP contribution < -0.4 is 5.32 Å². The average Bonchev–Trinajstić information content (AvgIpc) is 2.73. The second-order valence-corrected chi connectivity index (χ2v) is 6.38. The van der Waals surface area contributed by atoms with E-state index in [4.69, 9.17) is 4.74 Å². The van der Waals surface area contributed by atoms with Crippen molar-refractivity contribution in [1.29, 1.82) is 0 Å². The van der Waals surface area contributed by atoms with Crippen LogP contribution in [0.4, 0.5) is 0 Å². The zero-order valence-corrected chi connectivity index (χ0v) is 12.7. The van der Waals surface area contributed by atoms with Crippen molar-refractivity contribution in [3.63, 3.8) is 0 Å². The first-order valence-electron chi connectivity index (χ1n) is 8.06. The number of fused-ring (bicyclic) bond motifs is 3. The number of hydrogen-bond donors (Lipinski definition) is 1. The van der Waals surface area contributed by atoms with Crippen LogP contribution in [0, 0.1) is 11.8 Å². The lowest BCUT2D eigenvalue weighted by Crippen LogP contribution is -2.50. The minimum absolute atomic E-state index is 0.0636. The highest BCUT2D eigenvalue weighted by Crippen LogP contribution is 2.22. The Hall–Kier alpha value is -1.14. The van der Waals surface area contributed by atoms with Gasteiger partial charge in [0.15, 0.2) is 0 Å². The van der Waals surface area contributed by atoms with Gasteiger partial charge in [0.05, 0.1) is 12.0 Å². The standard InChI is InChI=1S/C15H25N3O3/c1-2-17-7-12-8-18(10-13(9-17)16-14(12)19)15(20)11-3-5-21-6-4-11/h11-13H,2-10H2,1H3,(H,16,19)/t12-,13+/m1/s1. The number of amides is 2. The maximum Gasteiger partial charge on any atom is 0.226 e. The number of rotatable bonds is 2. The highest BCUT2D eigenvalue weighted by atomic mass is 16.5. The molecule has 2 bridgehead atoms. The summed E-state index contributed by atoms with van der Waals surface area (Å²) in [6, 6.07) is 0.0636. The van der Waals surface area contributed by atoms with Crippen molar-refractivity contribution in [2.75, 3.05) is 45.9 Å². The smallest absolute Gasteiger partial charge is 0.226 e. The van der Waals surface area contributed by atoms with Crippen molar-refractivity contribution in [3.05, 3.63) is 0 Å². The fourth-order valence-electron chi connectivity index (χ4n) is 3.64. The number of nitrogens with zero attached hydrogens (tertiary/aromatic N) is 2. The summed E-state index contributed by atoms with van der Waals surface area (Å²) >= 11 is 0. The Morgan fingerprint density at radius 2 is 2.00 bits per heavy atom. The number of likely N-dealkylation sites (N-methyl/N-ethyl adjacent to an activating group) is 1. The molecule has 21 heavy (non-hydrogen) atoms. The summed E-state index contributed by atoms with van der Waals surface area (Å²) in [5.41, 5.74) is 0. The van der Waals surface area contributed by atoms with Crippen LogP contribution in [0.5, 0.6) is 0 Å². The normalized spacial score (nSPS) is 31.7. The molecule has 3 aliphatic heterocycles. The minimum atomic E-state index is -0.0961. The lowest BCUT2D eigenvalue weighted by Gasteiger charge is -2.35. The Morgan fingerprint density at radius 3 is 2.71 bits per heavy atom. The predicted octanol–water partition coefficient (Wildman–Crippen LogP) is -0.308. The Balaban J connectivity index is 1.71. The molecule has 6 heteroatoms. The summed E-state index contributed by atoms with van der Waals surface area (Å²) < 4.78 is 5.34. The summed E-state index contributed by atoms with van der Waals surface area (Å²) in [6.45, 7) is 7.25. The van der Waals surface area contributed by atoms with Gasteiger partial charge in [-0.2, -0.15) is 0 Å². The van der Waals surface area contributed by atoms with Gasteiger partial charge in [-0.1, -0.05) is 6.92 Å². The van der Waals surface area contributed by atoms with Crippen LogP contribution in [0.1, 0.15) is 19.8 Å². The summed E-state index contributed by atoms with van der Waals surface area (Å²) in [4.78, 5) is 29.2. The molecule has 0 aromatic carbocycles. The average molecular weight is 295 g/mol. The summed E-state index contributed by atoms with van der Waals surface area (Å²) in [5, 5.41) is 3.09. The quantitative estimate of drug-likeness (QED) is 0.759. The molecule has 0 saturated carbocycles. The van der Waals surface area contributed by atoms with Crippen LogP contribution in [0.3, 0.4) is 0 Å². The van der Waals surface area contributed by atoms with Crippen LogP contribution in [0.2, 0.25) is 0 Å². The molecule has 2 atom stereocenters. The van der Waals surface area contributed by atoms with E-state index in [1.54, 1.807) is 0 Å². The summed E-state index contributed by atoms with van der Waals surface area (Å²) in [5.74, 6) is 0.309. The fraction of sp³-hybridized carbons (Fsp3) is 0.867. The van der Waals surface area contributed by atoms with Crippen LogP contribution in [-0.4, -0.2) is 73.6 Å². The van der Waals surface area contributed by atoms with Gasteiger partial charge in [-0.3, -0.25) is 9.59 Å². The van der Waals surface area contributed by atoms with Gasteiger partial charge < -0.3 is 19.9 Å². The largest absolute Gasteiger partial charge is 0.381 e. The predicted molar refractivity (Wildman–Crippen MR) is 77.7 cm³/mol. The van der Waals surface area contributed by atoms with Crippen LogP contribution in [0.15, 0.2) is 0 Å². The Bertz CT molecular complexity index is 409. The molecule has 0 unspecified atom stereocenters. The van der Waals surface area contributed by atoms with Crippen molar-refractivity contribution in [2.45, 2.75) is 25.8 Å². The van der Waals surface area contributed by atoms with Crippen molar-refractivity contribution in [3.8, 4) is 0 Å². The maximum absolute atomic E-state index is 12.7. The molecule has 6 nitrogen and oxygen atoms in total. The van der Waals surface area contributed by atoms with E-state index < -0.39 is 0 Å². The summed E-state index contributed by atoms with van der Waals surface area (Å²) in [6.07, 6.45) is 1.63. The van der Waals surface area contributed by atoms with Crippen molar-refractivity contribution in [1.82, 2.24) is 15.1 Å². The Morgan fingerprint density at radius 1 is 1.24 bits per heavy atom. The first-order chi connectivity index (χ1) is 10.2. The third kappa shape index (κ3) is 3.21. The van der Waals surface area contributed by atoms with E-state index in [2.05, 4.69) is 17.1 Å². The van der Waals surface area contributed by atoms with Crippen molar-refractivity contribution in [2.24, 2.45) is 11.8 Å². The molecule has 2 amide bonds. The highest BCUT2D eigenvalue weighted by molar-refractivity contribution is 5.83. The third-order valence-corrected chi connectivity index (χ3v) is 4.89. The van der Waals surface area contributed by atoms with Gasteiger partial charge in [-0.05, 0) is 19.4 Å². The first-order valence-corrected chi connectivity index (χ1v) is 8.06. The molecular formula is C15H25N3O3. The molecule has 0 aromatic heterocycles. The molecule has 3 rings (SSSR count). The van der Waals surface area contributed by atoms with Gasteiger partial charge in [0.2, 0.25) is 11.8 Å². The van der Waals surface area contributed by atoms with Crippen molar-refractivity contribution >= 4 is 11.8 Å². The zero-order chi connectivity index (χ0) is 14.8. The highest BCUT2D eigenvalue weighted by Gasteiger charge is 2.38. The molecule has 3 saturated heterocycles. The SMILES string of the molecule is CCN1C[C@H]2CN(C(=O)C3CCOCC3)C[C@@H](C1)C(=O)N2. The van der Waals surface area contributed by atoms with E-state index in [1.165, 1.54) is 0 Å².